The highest BCUT2D eigenvalue weighted by Gasteiger charge is 2.31. The Kier molecular flexibility index (Phi) is 10.5. The van der Waals surface area contributed by atoms with E-state index in [4.69, 9.17) is 0 Å². The fraction of sp³-hybridized carbons (Fsp3) is 0.432. The van der Waals surface area contributed by atoms with Gasteiger partial charge in [0.1, 0.15) is 11.9 Å². The number of nitrogens with one attached hydrogen (secondary N) is 2. The molecule has 13 heteroatoms. The van der Waals surface area contributed by atoms with Gasteiger partial charge in [-0.05, 0) is 124 Å². The van der Waals surface area contributed by atoms with Gasteiger partial charge in [-0.3, -0.25) is 24.5 Å². The zero-order valence-electron chi connectivity index (χ0n) is 32.8. The summed E-state index contributed by atoms with van der Waals surface area (Å²) in [6.07, 6.45) is 4.33. The molecule has 3 saturated heterocycles. The zero-order valence-corrected chi connectivity index (χ0v) is 32.8. The highest BCUT2D eigenvalue weighted by molar-refractivity contribution is 6.04. The van der Waals surface area contributed by atoms with E-state index in [9.17, 15) is 24.4 Å². The normalized spacial score (nSPS) is 19.7. The second-order valence-corrected chi connectivity index (χ2v) is 16.2. The third-order valence-corrected chi connectivity index (χ3v) is 12.6. The number of nitriles is 1. The molecule has 3 amide bonds. The Balaban J connectivity index is 0.910. The molecule has 0 spiro atoms. The fourth-order valence-corrected chi connectivity index (χ4v) is 9.19. The summed E-state index contributed by atoms with van der Waals surface area (Å²) in [5.41, 5.74) is 7.27. The van der Waals surface area contributed by atoms with Crippen LogP contribution in [0, 0.1) is 30.0 Å². The molecule has 4 aliphatic heterocycles. The molecule has 1 aromatic heterocycles. The predicted molar refractivity (Wildman–Crippen MR) is 219 cm³/mol. The highest BCUT2D eigenvalue weighted by Crippen LogP contribution is 2.43. The van der Waals surface area contributed by atoms with E-state index < -0.39 is 23.7 Å². The van der Waals surface area contributed by atoms with Crippen LogP contribution in [0.4, 0.5) is 27.1 Å². The number of likely N-dealkylation sites (N-methyl/N-ethyl adjacent to an activating group) is 1. The Bertz CT molecular complexity index is 2350. The maximum absolute atomic E-state index is 15.2. The number of pyridine rings is 1. The van der Waals surface area contributed by atoms with Crippen LogP contribution in [0.2, 0.25) is 0 Å². The van der Waals surface area contributed by atoms with Crippen molar-refractivity contribution in [2.45, 2.75) is 57.4 Å². The molecule has 57 heavy (non-hydrogen) atoms. The number of carbonyl (C=O) groups is 3. The van der Waals surface area contributed by atoms with E-state index in [1.165, 1.54) is 17.7 Å². The van der Waals surface area contributed by atoms with Gasteiger partial charge in [-0.25, -0.2) is 4.39 Å². The lowest BCUT2D eigenvalue weighted by molar-refractivity contribution is -0.134. The van der Waals surface area contributed by atoms with Crippen molar-refractivity contribution < 1.29 is 18.8 Å². The topological polar surface area (TPSA) is 134 Å². The summed E-state index contributed by atoms with van der Waals surface area (Å²) in [5.74, 6) is -1.38. The summed E-state index contributed by atoms with van der Waals surface area (Å²) in [6.45, 7) is 8.06. The number of likely N-dealkylation sites (tertiary alicyclic amines) is 1. The lowest BCUT2D eigenvalue weighted by atomic mass is 9.87. The monoisotopic (exact) mass is 772 g/mol. The number of halogens is 1. The number of aromatic nitrogens is 1. The molecular weight excluding hydrogens is 724 g/mol. The molecule has 0 aliphatic carbocycles. The minimum atomic E-state index is -0.863. The lowest BCUT2D eigenvalue weighted by Gasteiger charge is -2.39. The number of aryl methyl sites for hydroxylation is 2. The molecule has 4 aliphatic rings. The van der Waals surface area contributed by atoms with Crippen LogP contribution >= 0.6 is 0 Å². The Morgan fingerprint density at radius 2 is 1.65 bits per heavy atom. The van der Waals surface area contributed by atoms with Crippen molar-refractivity contribution in [1.82, 2.24) is 20.1 Å². The first-order valence-electron chi connectivity index (χ1n) is 20.1. The third kappa shape index (κ3) is 7.58. The Morgan fingerprint density at radius 3 is 2.37 bits per heavy atom. The van der Waals surface area contributed by atoms with E-state index in [2.05, 4.69) is 55.5 Å². The van der Waals surface area contributed by atoms with Gasteiger partial charge in [-0.1, -0.05) is 0 Å². The molecule has 2 N–H and O–H groups in total. The van der Waals surface area contributed by atoms with Gasteiger partial charge < -0.3 is 29.5 Å². The molecule has 8 rings (SSSR count). The smallest absolute Gasteiger partial charge is 0.254 e. The quantitative estimate of drug-likeness (QED) is 0.247. The zero-order chi connectivity index (χ0) is 40.0. The molecule has 3 aromatic carbocycles. The largest absolute Gasteiger partial charge is 0.371 e. The van der Waals surface area contributed by atoms with E-state index in [0.717, 1.165) is 105 Å². The first-order valence-corrected chi connectivity index (χ1v) is 20.1. The molecule has 1 unspecified atom stereocenters. The minimum Gasteiger partial charge on any atom is -0.371 e. The SMILES string of the molecule is Cc1cc2c(N3CCN(C)c4ccc(C#N)cc43)cc(C3CCN(CC4CCN(c5ccc(C(=O)NC6CCC(=O)NC6=O)c(F)c5)CC4)CC3)cc2n(C)c1=O. The van der Waals surface area contributed by atoms with Gasteiger partial charge >= 0.3 is 0 Å². The molecule has 12 nitrogen and oxygen atoms in total. The van der Waals surface area contributed by atoms with Crippen LogP contribution < -0.4 is 30.9 Å². The van der Waals surface area contributed by atoms with E-state index in [1.54, 1.807) is 10.6 Å². The molecule has 1 atom stereocenters. The molecule has 4 aromatic rings. The van der Waals surface area contributed by atoms with Crippen molar-refractivity contribution in [1.29, 1.82) is 5.26 Å². The number of amides is 3. The maximum atomic E-state index is 15.2. The van der Waals surface area contributed by atoms with Crippen molar-refractivity contribution in [3.8, 4) is 6.07 Å². The van der Waals surface area contributed by atoms with Gasteiger partial charge in [0.05, 0.1) is 39.8 Å². The van der Waals surface area contributed by atoms with E-state index in [1.807, 2.05) is 38.2 Å². The van der Waals surface area contributed by atoms with Crippen molar-refractivity contribution in [2.75, 3.05) is 67.6 Å². The van der Waals surface area contributed by atoms with Crippen molar-refractivity contribution in [3.05, 3.63) is 93.0 Å². The summed E-state index contributed by atoms with van der Waals surface area (Å²) < 4.78 is 17.0. The van der Waals surface area contributed by atoms with Gasteiger partial charge in [0, 0.05) is 69.9 Å². The summed E-state index contributed by atoms with van der Waals surface area (Å²) >= 11 is 0. The van der Waals surface area contributed by atoms with E-state index >= 15 is 4.39 Å². The van der Waals surface area contributed by atoms with Crippen LogP contribution in [-0.2, 0) is 16.6 Å². The number of nitrogens with zero attached hydrogens (tertiary/aromatic N) is 6. The van der Waals surface area contributed by atoms with Crippen molar-refractivity contribution in [2.24, 2.45) is 13.0 Å². The number of rotatable bonds is 7. The molecule has 0 saturated carbocycles. The minimum absolute atomic E-state index is 0.00796. The van der Waals surface area contributed by atoms with Crippen LogP contribution in [0.1, 0.15) is 71.5 Å². The standard InChI is InChI=1S/C44H49FN8O4/c1-27-20-34-38(50(3)44(27)57)22-31(23-39(34)53-19-18-49(2)37-8-4-29(25-46)21-40(37)53)30-12-14-51(15-13-30)26-28-10-16-52(17-11-28)32-5-6-33(35(45)24-32)42(55)47-36-7-9-41(54)48-43(36)56/h4-6,8,20-24,28,30,36H,7,9-19,26H2,1-3H3,(H,47,55)(H,48,54,56). The molecular formula is C44H49FN8O4. The van der Waals surface area contributed by atoms with Crippen LogP contribution in [0.15, 0.2) is 59.4 Å². The number of anilines is 4. The summed E-state index contributed by atoms with van der Waals surface area (Å²) in [4.78, 5) is 58.7. The molecule has 5 heterocycles. The summed E-state index contributed by atoms with van der Waals surface area (Å²) in [7, 11) is 3.95. The van der Waals surface area contributed by atoms with Gasteiger partial charge in [0.2, 0.25) is 11.8 Å². The maximum Gasteiger partial charge on any atom is 0.254 e. The van der Waals surface area contributed by atoms with Gasteiger partial charge in [0.15, 0.2) is 0 Å². The Hall–Kier alpha value is -5.74. The second-order valence-electron chi connectivity index (χ2n) is 16.2. The summed E-state index contributed by atoms with van der Waals surface area (Å²) in [6, 6.07) is 18.5. The lowest BCUT2D eigenvalue weighted by Crippen LogP contribution is -2.52. The van der Waals surface area contributed by atoms with Gasteiger partial charge in [-0.15, -0.1) is 0 Å². The van der Waals surface area contributed by atoms with Crippen molar-refractivity contribution >= 4 is 51.4 Å². The first-order chi connectivity index (χ1) is 27.5. The van der Waals surface area contributed by atoms with Crippen LogP contribution in [0.25, 0.3) is 10.9 Å². The Morgan fingerprint density at radius 1 is 0.877 bits per heavy atom. The molecule has 296 valence electrons. The van der Waals surface area contributed by atoms with Gasteiger partial charge in [0.25, 0.3) is 11.5 Å². The highest BCUT2D eigenvalue weighted by atomic mass is 19.1. The van der Waals surface area contributed by atoms with Crippen LogP contribution in [0.3, 0.4) is 0 Å². The second kappa shape index (κ2) is 15.7. The molecule has 3 fully saturated rings. The van der Waals surface area contributed by atoms with Gasteiger partial charge in [-0.2, -0.15) is 5.26 Å². The van der Waals surface area contributed by atoms with Crippen molar-refractivity contribution in [3.63, 3.8) is 0 Å². The number of benzene rings is 3. The number of imide groups is 1. The molecule has 0 bridgehead atoms. The van der Waals surface area contributed by atoms with E-state index in [0.29, 0.717) is 23.0 Å². The average Bonchev–Trinajstić information content (AvgIpc) is 3.21. The number of fused-ring (bicyclic) bond motifs is 2. The summed E-state index contributed by atoms with van der Waals surface area (Å²) in [5, 5.41) is 15.5. The van der Waals surface area contributed by atoms with Crippen LogP contribution in [0.5, 0.6) is 0 Å². The number of hydrogen-bond acceptors (Lipinski definition) is 9. The Labute approximate surface area is 331 Å². The number of piperidine rings is 3. The molecule has 0 radical (unpaired) electrons. The first kappa shape index (κ1) is 38.1. The fourth-order valence-electron chi connectivity index (χ4n) is 9.19. The van der Waals surface area contributed by atoms with Crippen LogP contribution in [-0.4, -0.2) is 86.1 Å². The average molecular weight is 773 g/mol. The number of carbonyl (C=O) groups excluding carboxylic acids is 3. The third-order valence-electron chi connectivity index (χ3n) is 12.6. The predicted octanol–water partition coefficient (Wildman–Crippen LogP) is 5.08. The number of hydrogen-bond donors (Lipinski definition) is 2. The van der Waals surface area contributed by atoms with E-state index in [-0.39, 0.29) is 29.9 Å².